The van der Waals surface area contributed by atoms with Crippen molar-refractivity contribution in [3.05, 3.63) is 12.2 Å². The van der Waals surface area contributed by atoms with Gasteiger partial charge in [-0.2, -0.15) is 0 Å². The lowest BCUT2D eigenvalue weighted by molar-refractivity contribution is -0.186. The molecule has 0 aromatic rings. The van der Waals surface area contributed by atoms with Crippen molar-refractivity contribution in [1.29, 1.82) is 0 Å². The number of carbonyl (C=O) groups is 2. The average molecular weight is 427 g/mol. The minimum atomic E-state index is -1.17. The molecule has 0 aliphatic rings. The summed E-state index contributed by atoms with van der Waals surface area (Å²) < 4.78 is 0. The van der Waals surface area contributed by atoms with Gasteiger partial charge >= 0.3 is 5.97 Å². The van der Waals surface area contributed by atoms with Crippen molar-refractivity contribution in [3.63, 3.8) is 0 Å². The third kappa shape index (κ3) is 16.4. The normalized spacial score (nSPS) is 12.4. The molecule has 176 valence electrons. The summed E-state index contributed by atoms with van der Waals surface area (Å²) in [4.78, 5) is 23.3. The number of aliphatic carboxylic acids is 1. The van der Waals surface area contributed by atoms with Crippen molar-refractivity contribution in [2.45, 2.75) is 122 Å². The van der Waals surface area contributed by atoms with E-state index in [1.807, 2.05) is 0 Å². The largest absolute Gasteiger partial charge is 0.480 e. The Morgan fingerprint density at radius 1 is 0.833 bits per heavy atom. The fraction of sp³-hybridized carbons (Fsp3) is 0.833. The summed E-state index contributed by atoms with van der Waals surface area (Å²) in [6.07, 6.45) is 21.6. The van der Waals surface area contributed by atoms with Crippen LogP contribution in [0.4, 0.5) is 0 Å². The van der Waals surface area contributed by atoms with Crippen LogP contribution in [0.2, 0.25) is 0 Å². The third-order valence-corrected chi connectivity index (χ3v) is 5.42. The minimum absolute atomic E-state index is 0.190. The smallest absolute Gasteiger partial charge is 0.329 e. The summed E-state index contributed by atoms with van der Waals surface area (Å²) >= 11 is 0. The van der Waals surface area contributed by atoms with Gasteiger partial charge in [0.2, 0.25) is 5.91 Å². The lowest BCUT2D eigenvalue weighted by Crippen LogP contribution is -2.42. The maximum Gasteiger partial charge on any atom is 0.329 e. The second-order valence-corrected chi connectivity index (χ2v) is 8.21. The minimum Gasteiger partial charge on any atom is -0.480 e. The van der Waals surface area contributed by atoms with Gasteiger partial charge in [-0.1, -0.05) is 70.4 Å². The number of hydroxylamine groups is 2. The first-order valence-corrected chi connectivity index (χ1v) is 12.1. The maximum atomic E-state index is 12.0. The van der Waals surface area contributed by atoms with E-state index in [2.05, 4.69) is 19.1 Å². The van der Waals surface area contributed by atoms with Crippen LogP contribution >= 0.6 is 0 Å². The first-order chi connectivity index (χ1) is 14.5. The Labute approximate surface area is 183 Å². The van der Waals surface area contributed by atoms with Gasteiger partial charge in [0.15, 0.2) is 6.04 Å². The molecule has 0 heterocycles. The molecule has 0 aromatic heterocycles. The highest BCUT2D eigenvalue weighted by molar-refractivity contribution is 5.82. The summed E-state index contributed by atoms with van der Waals surface area (Å²) in [6, 6.07) is -1.17. The Morgan fingerprint density at radius 3 is 1.90 bits per heavy atom. The number of unbranched alkanes of at least 4 members (excludes halogenated alkanes) is 12. The maximum absolute atomic E-state index is 12.0. The fourth-order valence-corrected chi connectivity index (χ4v) is 3.47. The molecule has 6 nitrogen and oxygen atoms in total. The number of nitrogens with zero attached hydrogens (tertiary/aromatic N) is 1. The van der Waals surface area contributed by atoms with Crippen LogP contribution in [-0.2, 0) is 9.59 Å². The molecule has 0 aliphatic carbocycles. The SMILES string of the molecule is CCCCCCCC/C=C\CCCCCCCC(=O)N(O)[C@@H](CCCCN)C(=O)O. The Hall–Kier alpha value is -1.40. The number of hydrogen-bond acceptors (Lipinski definition) is 4. The van der Waals surface area contributed by atoms with Crippen LogP contribution < -0.4 is 5.73 Å². The van der Waals surface area contributed by atoms with Gasteiger partial charge in [-0.15, -0.1) is 0 Å². The van der Waals surface area contributed by atoms with Gasteiger partial charge in [-0.25, -0.2) is 9.86 Å². The van der Waals surface area contributed by atoms with Gasteiger partial charge < -0.3 is 10.8 Å². The molecular formula is C24H46N2O4. The van der Waals surface area contributed by atoms with E-state index in [0.717, 1.165) is 32.1 Å². The highest BCUT2D eigenvalue weighted by atomic mass is 16.5. The second-order valence-electron chi connectivity index (χ2n) is 8.21. The van der Waals surface area contributed by atoms with E-state index >= 15 is 0 Å². The predicted octanol–water partition coefficient (Wildman–Crippen LogP) is 5.82. The summed E-state index contributed by atoms with van der Waals surface area (Å²) in [5, 5.41) is 19.5. The van der Waals surface area contributed by atoms with Gasteiger partial charge in [0.05, 0.1) is 0 Å². The monoisotopic (exact) mass is 426 g/mol. The zero-order valence-corrected chi connectivity index (χ0v) is 19.2. The van der Waals surface area contributed by atoms with Gasteiger partial charge in [0.1, 0.15) is 0 Å². The molecule has 0 aliphatic heterocycles. The second kappa shape index (κ2) is 20.9. The zero-order chi connectivity index (χ0) is 22.5. The third-order valence-electron chi connectivity index (χ3n) is 5.42. The summed E-state index contributed by atoms with van der Waals surface area (Å²) in [7, 11) is 0. The lowest BCUT2D eigenvalue weighted by atomic mass is 10.1. The van der Waals surface area contributed by atoms with Gasteiger partial charge in [-0.05, 0) is 57.9 Å². The Bertz CT molecular complexity index is 454. The number of carboxylic acid groups (broad SMARTS) is 1. The molecule has 0 unspecified atom stereocenters. The molecule has 1 atom stereocenters. The fourth-order valence-electron chi connectivity index (χ4n) is 3.47. The van der Waals surface area contributed by atoms with Gasteiger partial charge in [0, 0.05) is 6.42 Å². The Kier molecular flexibility index (Phi) is 19.9. The number of carboxylic acids is 1. The number of carbonyl (C=O) groups excluding carboxylic acids is 1. The zero-order valence-electron chi connectivity index (χ0n) is 19.2. The van der Waals surface area contributed by atoms with Crippen molar-refractivity contribution in [2.24, 2.45) is 5.73 Å². The van der Waals surface area contributed by atoms with Crippen molar-refractivity contribution in [1.82, 2.24) is 5.06 Å². The molecule has 0 rings (SSSR count). The number of allylic oxidation sites excluding steroid dienone is 2. The topological polar surface area (TPSA) is 104 Å². The summed E-state index contributed by atoms with van der Waals surface area (Å²) in [5.41, 5.74) is 5.40. The Morgan fingerprint density at radius 2 is 1.37 bits per heavy atom. The van der Waals surface area contributed by atoms with Gasteiger partial charge in [0.25, 0.3) is 0 Å². The highest BCUT2D eigenvalue weighted by Gasteiger charge is 2.27. The average Bonchev–Trinajstić information content (AvgIpc) is 2.73. The predicted molar refractivity (Wildman–Crippen MR) is 122 cm³/mol. The van der Waals surface area contributed by atoms with Crippen molar-refractivity contribution in [2.75, 3.05) is 6.54 Å². The van der Waals surface area contributed by atoms with E-state index in [9.17, 15) is 19.9 Å². The first-order valence-electron chi connectivity index (χ1n) is 12.1. The summed E-state index contributed by atoms with van der Waals surface area (Å²) in [5.74, 6) is -1.68. The Balaban J connectivity index is 3.67. The van der Waals surface area contributed by atoms with E-state index in [-0.39, 0.29) is 12.8 Å². The quantitative estimate of drug-likeness (QED) is 0.0928. The number of rotatable bonds is 21. The number of amides is 1. The molecule has 0 aromatic carbocycles. The van der Waals surface area contributed by atoms with E-state index in [0.29, 0.717) is 30.9 Å². The molecule has 0 spiro atoms. The van der Waals surface area contributed by atoms with Crippen LogP contribution in [-0.4, -0.2) is 39.8 Å². The standard InChI is InChI=1S/C24H46N2O4/c1-2-3-4-5-6-7-8-9-10-11-12-13-14-15-16-20-23(27)26(30)22(24(28)29)19-17-18-21-25/h9-10,22,30H,2-8,11-21,25H2,1H3,(H,28,29)/b10-9-/t22-/m0/s1. The molecule has 0 radical (unpaired) electrons. The van der Waals surface area contributed by atoms with E-state index in [1.54, 1.807) is 0 Å². The van der Waals surface area contributed by atoms with Crippen molar-refractivity contribution >= 4 is 11.9 Å². The molecule has 6 heteroatoms. The van der Waals surface area contributed by atoms with E-state index in [4.69, 9.17) is 5.73 Å². The molecule has 30 heavy (non-hydrogen) atoms. The van der Waals surface area contributed by atoms with E-state index in [1.165, 1.54) is 44.9 Å². The van der Waals surface area contributed by atoms with Crippen LogP contribution in [0.5, 0.6) is 0 Å². The summed E-state index contributed by atoms with van der Waals surface area (Å²) in [6.45, 7) is 2.72. The highest BCUT2D eigenvalue weighted by Crippen LogP contribution is 2.13. The van der Waals surface area contributed by atoms with Crippen molar-refractivity contribution < 1.29 is 19.9 Å². The van der Waals surface area contributed by atoms with Crippen LogP contribution in [0, 0.1) is 0 Å². The van der Waals surface area contributed by atoms with Crippen LogP contribution in [0.25, 0.3) is 0 Å². The molecule has 0 saturated heterocycles. The molecular weight excluding hydrogens is 380 g/mol. The molecule has 1 amide bonds. The van der Waals surface area contributed by atoms with E-state index < -0.39 is 17.9 Å². The number of hydrogen-bond donors (Lipinski definition) is 3. The van der Waals surface area contributed by atoms with Crippen LogP contribution in [0.3, 0.4) is 0 Å². The van der Waals surface area contributed by atoms with Crippen LogP contribution in [0.15, 0.2) is 12.2 Å². The first kappa shape index (κ1) is 28.6. The van der Waals surface area contributed by atoms with Crippen LogP contribution in [0.1, 0.15) is 116 Å². The lowest BCUT2D eigenvalue weighted by Gasteiger charge is -2.22. The van der Waals surface area contributed by atoms with Gasteiger partial charge in [-0.3, -0.25) is 10.0 Å². The molecule has 4 N–H and O–H groups in total. The number of nitrogens with two attached hydrogens (primary N) is 1. The molecule has 0 fully saturated rings. The van der Waals surface area contributed by atoms with Crippen molar-refractivity contribution in [3.8, 4) is 0 Å². The molecule has 0 saturated carbocycles. The molecule has 0 bridgehead atoms.